The molecule has 1 aliphatic rings. The topological polar surface area (TPSA) is 41.6 Å². The van der Waals surface area contributed by atoms with Crippen molar-refractivity contribution in [3.63, 3.8) is 0 Å². The van der Waals surface area contributed by atoms with Gasteiger partial charge in [-0.1, -0.05) is 6.07 Å². The number of guanidine groups is 1. The molecule has 0 spiro atoms. The minimum Gasteiger partial charge on any atom is -0.370 e. The molecule has 1 aliphatic heterocycles. The molecule has 2 N–H and O–H groups in total. The third-order valence-electron chi connectivity index (χ3n) is 3.39. The first-order valence-corrected chi connectivity index (χ1v) is 6.70. The largest absolute Gasteiger partial charge is 0.370 e. The smallest absolute Gasteiger partial charge is 0.192 e. The summed E-state index contributed by atoms with van der Waals surface area (Å²) in [5, 5.41) is 0. The maximum atomic E-state index is 13.3. The molecule has 0 saturated carbocycles. The van der Waals surface area contributed by atoms with Crippen LogP contribution in [-0.4, -0.2) is 23.4 Å². The van der Waals surface area contributed by atoms with E-state index in [2.05, 4.69) is 46.6 Å². The Bertz CT molecular complexity index is 501. The van der Waals surface area contributed by atoms with E-state index in [9.17, 15) is 4.39 Å². The van der Waals surface area contributed by atoms with Crippen molar-refractivity contribution in [1.29, 1.82) is 0 Å². The molecule has 98 valence electrons. The monoisotopic (exact) mass is 313 g/mol. The lowest BCUT2D eigenvalue weighted by atomic mass is 9.90. The van der Waals surface area contributed by atoms with Gasteiger partial charge in [-0.25, -0.2) is 4.39 Å². The van der Waals surface area contributed by atoms with Crippen LogP contribution >= 0.6 is 15.9 Å². The summed E-state index contributed by atoms with van der Waals surface area (Å²) >= 11 is 3.23. The molecule has 1 heterocycles. The van der Waals surface area contributed by atoms with Crippen molar-refractivity contribution in [2.45, 2.75) is 32.4 Å². The van der Waals surface area contributed by atoms with Gasteiger partial charge < -0.3 is 10.6 Å². The van der Waals surface area contributed by atoms with E-state index < -0.39 is 0 Å². The van der Waals surface area contributed by atoms with E-state index in [1.807, 2.05) is 0 Å². The molecule has 0 saturated heterocycles. The van der Waals surface area contributed by atoms with Crippen LogP contribution in [-0.2, 0) is 5.54 Å². The molecule has 0 amide bonds. The number of nitrogens with two attached hydrogens (primary N) is 1. The maximum absolute atomic E-state index is 13.3. The van der Waals surface area contributed by atoms with E-state index in [-0.39, 0.29) is 17.4 Å². The summed E-state index contributed by atoms with van der Waals surface area (Å²) in [5.74, 6) is 0.290. The Labute approximate surface area is 115 Å². The first-order chi connectivity index (χ1) is 8.36. The third-order valence-corrected chi connectivity index (χ3v) is 3.99. The van der Waals surface area contributed by atoms with Gasteiger partial charge in [-0.2, -0.15) is 0 Å². The summed E-state index contributed by atoms with van der Waals surface area (Å²) in [6.45, 7) is 6.82. The molecule has 1 unspecified atom stereocenters. The second kappa shape index (κ2) is 4.53. The molecule has 0 bridgehead atoms. The minimum atomic E-state index is -0.311. The predicted octanol–water partition coefficient (Wildman–Crippen LogP) is 2.84. The molecular formula is C13H17BrFN3. The standard InChI is InChI=1S/C13H17BrFN3/c1-8(2)18-12(16)17-7-13(18,3)9-4-5-11(15)10(14)6-9/h4-6,8H,7H2,1-3H3,(H2,16,17). The van der Waals surface area contributed by atoms with Crippen LogP contribution in [0.5, 0.6) is 0 Å². The summed E-state index contributed by atoms with van der Waals surface area (Å²) < 4.78 is 13.8. The third kappa shape index (κ3) is 2.00. The molecule has 18 heavy (non-hydrogen) atoms. The second-order valence-corrected chi connectivity index (χ2v) is 5.90. The van der Waals surface area contributed by atoms with Gasteiger partial charge in [0.25, 0.3) is 0 Å². The van der Waals surface area contributed by atoms with Gasteiger partial charge in [0.05, 0.1) is 16.6 Å². The predicted molar refractivity (Wildman–Crippen MR) is 74.9 cm³/mol. The van der Waals surface area contributed by atoms with Crippen LogP contribution < -0.4 is 5.73 Å². The van der Waals surface area contributed by atoms with Gasteiger partial charge in [-0.3, -0.25) is 4.99 Å². The fraction of sp³-hybridized carbons (Fsp3) is 0.462. The fourth-order valence-corrected chi connectivity index (χ4v) is 2.91. The molecule has 5 heteroatoms. The molecule has 0 radical (unpaired) electrons. The summed E-state index contributed by atoms with van der Waals surface area (Å²) in [7, 11) is 0. The number of halogens is 2. The van der Waals surface area contributed by atoms with E-state index >= 15 is 0 Å². The lowest BCUT2D eigenvalue weighted by Crippen LogP contribution is -2.51. The van der Waals surface area contributed by atoms with E-state index in [0.29, 0.717) is 17.0 Å². The first kappa shape index (κ1) is 13.3. The Morgan fingerprint density at radius 1 is 1.50 bits per heavy atom. The van der Waals surface area contributed by atoms with Crippen LogP contribution in [0.25, 0.3) is 0 Å². The van der Waals surface area contributed by atoms with Crippen LogP contribution in [0.1, 0.15) is 26.3 Å². The molecule has 0 aromatic heterocycles. The lowest BCUT2D eigenvalue weighted by Gasteiger charge is -2.39. The average Bonchev–Trinajstić information content (AvgIpc) is 2.59. The number of hydrogen-bond donors (Lipinski definition) is 1. The van der Waals surface area contributed by atoms with Gasteiger partial charge in [0.2, 0.25) is 0 Å². The van der Waals surface area contributed by atoms with Crippen LogP contribution in [0.3, 0.4) is 0 Å². The van der Waals surface area contributed by atoms with Crippen LogP contribution in [0, 0.1) is 5.82 Å². The van der Waals surface area contributed by atoms with Crippen molar-refractivity contribution in [1.82, 2.24) is 4.90 Å². The van der Waals surface area contributed by atoms with Crippen LogP contribution in [0.2, 0.25) is 0 Å². The van der Waals surface area contributed by atoms with Crippen molar-refractivity contribution in [3.05, 3.63) is 34.1 Å². The Hall–Kier alpha value is -1.10. The number of nitrogens with zero attached hydrogens (tertiary/aromatic N) is 2. The van der Waals surface area contributed by atoms with Gasteiger partial charge in [0, 0.05) is 6.04 Å². The highest BCUT2D eigenvalue weighted by atomic mass is 79.9. The second-order valence-electron chi connectivity index (χ2n) is 5.04. The lowest BCUT2D eigenvalue weighted by molar-refractivity contribution is 0.185. The van der Waals surface area contributed by atoms with Crippen molar-refractivity contribution < 1.29 is 4.39 Å². The molecule has 3 nitrogen and oxygen atoms in total. The molecule has 1 atom stereocenters. The van der Waals surface area contributed by atoms with E-state index in [4.69, 9.17) is 5.73 Å². The van der Waals surface area contributed by atoms with Crippen molar-refractivity contribution >= 4 is 21.9 Å². The van der Waals surface area contributed by atoms with Crippen molar-refractivity contribution in [2.24, 2.45) is 10.7 Å². The number of benzene rings is 1. The number of aliphatic imine (C=N–C) groups is 1. The molecule has 0 aliphatic carbocycles. The maximum Gasteiger partial charge on any atom is 0.192 e. The van der Waals surface area contributed by atoms with Gasteiger partial charge in [0.15, 0.2) is 5.96 Å². The van der Waals surface area contributed by atoms with E-state index in [1.54, 1.807) is 12.1 Å². The van der Waals surface area contributed by atoms with Gasteiger partial charge in [0.1, 0.15) is 5.82 Å². The highest BCUT2D eigenvalue weighted by molar-refractivity contribution is 9.10. The Kier molecular flexibility index (Phi) is 3.36. The fourth-order valence-electron chi connectivity index (χ4n) is 2.54. The zero-order valence-corrected chi connectivity index (χ0v) is 12.3. The summed E-state index contributed by atoms with van der Waals surface area (Å²) in [4.78, 5) is 6.41. The number of hydrogen-bond acceptors (Lipinski definition) is 3. The SMILES string of the molecule is CC(C)N1C(N)=NCC1(C)c1ccc(F)c(Br)c1. The quantitative estimate of drug-likeness (QED) is 0.912. The van der Waals surface area contributed by atoms with E-state index in [1.165, 1.54) is 6.07 Å². The summed E-state index contributed by atoms with van der Waals surface area (Å²) in [6.07, 6.45) is 0. The van der Waals surface area contributed by atoms with E-state index in [0.717, 1.165) is 5.56 Å². The van der Waals surface area contributed by atoms with Crippen molar-refractivity contribution in [3.8, 4) is 0 Å². The Morgan fingerprint density at radius 2 is 2.17 bits per heavy atom. The summed E-state index contributed by atoms with van der Waals surface area (Å²) in [5.41, 5.74) is 6.65. The van der Waals surface area contributed by atoms with Crippen molar-refractivity contribution in [2.75, 3.05) is 6.54 Å². The molecule has 2 rings (SSSR count). The molecule has 1 aromatic carbocycles. The molecular weight excluding hydrogens is 297 g/mol. The first-order valence-electron chi connectivity index (χ1n) is 5.91. The Balaban J connectivity index is 2.45. The highest BCUT2D eigenvalue weighted by Gasteiger charge is 2.41. The average molecular weight is 314 g/mol. The normalized spacial score (nSPS) is 23.7. The zero-order valence-electron chi connectivity index (χ0n) is 10.7. The number of rotatable bonds is 2. The molecule has 0 fully saturated rings. The zero-order chi connectivity index (χ0) is 13.5. The molecule has 1 aromatic rings. The van der Waals surface area contributed by atoms with Gasteiger partial charge >= 0.3 is 0 Å². The Morgan fingerprint density at radius 3 is 2.72 bits per heavy atom. The van der Waals surface area contributed by atoms with Crippen LogP contribution in [0.4, 0.5) is 4.39 Å². The van der Waals surface area contributed by atoms with Gasteiger partial charge in [-0.15, -0.1) is 0 Å². The van der Waals surface area contributed by atoms with Crippen LogP contribution in [0.15, 0.2) is 27.7 Å². The van der Waals surface area contributed by atoms with Gasteiger partial charge in [-0.05, 0) is 54.4 Å². The minimum absolute atomic E-state index is 0.241. The summed E-state index contributed by atoms with van der Waals surface area (Å²) in [6, 6.07) is 5.31. The highest BCUT2D eigenvalue weighted by Crippen LogP contribution is 2.35.